The Hall–Kier alpha value is -0.980. The van der Waals surface area contributed by atoms with Crippen LogP contribution < -0.4 is 10.1 Å². The van der Waals surface area contributed by atoms with Crippen molar-refractivity contribution in [3.05, 3.63) is 23.8 Å². The number of alkyl halides is 2. The van der Waals surface area contributed by atoms with Gasteiger partial charge in [-0.25, -0.2) is 4.79 Å². The van der Waals surface area contributed by atoms with Crippen molar-refractivity contribution in [2.24, 2.45) is 0 Å². The van der Waals surface area contributed by atoms with Crippen LogP contribution in [0.4, 0.5) is 10.5 Å². The van der Waals surface area contributed by atoms with E-state index in [2.05, 4.69) is 26.1 Å². The number of amides is 1. The van der Waals surface area contributed by atoms with Gasteiger partial charge in [-0.1, -0.05) is 15.9 Å². The van der Waals surface area contributed by atoms with Crippen LogP contribution in [0, 0.1) is 0 Å². The maximum Gasteiger partial charge on any atom is 0.411 e. The molecule has 0 aliphatic rings. The van der Waals surface area contributed by atoms with Gasteiger partial charge in [-0.05, 0) is 25.1 Å². The van der Waals surface area contributed by atoms with Gasteiger partial charge in [0.15, 0.2) is 0 Å². The Kier molecular flexibility index (Phi) is 9.27. The highest BCUT2D eigenvalue weighted by Gasteiger charge is 2.11. The Balaban J connectivity index is 2.87. The fourth-order valence-corrected chi connectivity index (χ4v) is 2.76. The molecule has 0 bridgehead atoms. The minimum absolute atomic E-state index is 0.337. The number of methoxy groups -OCH3 is 1. The summed E-state index contributed by atoms with van der Waals surface area (Å²) in [5.74, 6) is 1.35. The zero-order valence-electron chi connectivity index (χ0n) is 12.9. The number of carbonyl (C=O) groups is 1. The Morgan fingerprint density at radius 3 is 2.77 bits per heavy atom. The van der Waals surface area contributed by atoms with Gasteiger partial charge in [0.05, 0.1) is 13.7 Å². The molecule has 0 spiro atoms. The Labute approximate surface area is 145 Å². The third-order valence-electron chi connectivity index (χ3n) is 3.00. The average molecular weight is 394 g/mol. The number of nitrogens with one attached hydrogen (secondary N) is 1. The molecule has 0 atom stereocenters. The van der Waals surface area contributed by atoms with E-state index < -0.39 is 6.09 Å². The van der Waals surface area contributed by atoms with E-state index >= 15 is 0 Å². The van der Waals surface area contributed by atoms with Gasteiger partial charge in [0, 0.05) is 42.1 Å². The second kappa shape index (κ2) is 10.7. The summed E-state index contributed by atoms with van der Waals surface area (Å²) >= 11 is 9.29. The van der Waals surface area contributed by atoms with Crippen LogP contribution >= 0.6 is 27.5 Å². The molecule has 0 unspecified atom stereocenters. The van der Waals surface area contributed by atoms with Crippen LogP contribution in [0.5, 0.6) is 5.75 Å². The summed E-state index contributed by atoms with van der Waals surface area (Å²) in [5.41, 5.74) is 1.67. The van der Waals surface area contributed by atoms with Crippen molar-refractivity contribution in [1.29, 1.82) is 0 Å². The molecule has 0 heterocycles. The van der Waals surface area contributed by atoms with Crippen molar-refractivity contribution in [2.45, 2.75) is 13.5 Å². The second-order valence-corrected chi connectivity index (χ2v) is 5.70. The molecule has 1 amide bonds. The van der Waals surface area contributed by atoms with Gasteiger partial charge in [0.25, 0.3) is 0 Å². The quantitative estimate of drug-likeness (QED) is 0.650. The molecule has 0 aliphatic carbocycles. The molecular formula is C15H22BrClN2O3. The fraction of sp³-hybridized carbons (Fsp3) is 0.533. The van der Waals surface area contributed by atoms with Crippen LogP contribution in [0.3, 0.4) is 0 Å². The standard InChI is InChI=1S/C15H22BrClN2O3/c1-3-22-15(20)18-13-4-5-14(21-2)12(10-13)11-19(8-6-16)9-7-17/h4-5,10H,3,6-9,11H2,1-2H3,(H,18,20). The van der Waals surface area contributed by atoms with Crippen molar-refractivity contribution < 1.29 is 14.3 Å². The van der Waals surface area contributed by atoms with Crippen molar-refractivity contribution in [3.8, 4) is 5.75 Å². The summed E-state index contributed by atoms with van der Waals surface area (Å²) in [6.07, 6.45) is -0.461. The van der Waals surface area contributed by atoms with E-state index in [1.54, 1.807) is 20.1 Å². The molecule has 0 radical (unpaired) electrons. The van der Waals surface area contributed by atoms with Crippen molar-refractivity contribution in [1.82, 2.24) is 4.90 Å². The molecule has 0 aromatic heterocycles. The Bertz CT molecular complexity index is 468. The number of rotatable bonds is 9. The predicted molar refractivity (Wildman–Crippen MR) is 93.4 cm³/mol. The molecule has 1 aromatic rings. The number of halogens is 2. The van der Waals surface area contributed by atoms with E-state index in [1.165, 1.54) is 0 Å². The molecule has 0 fully saturated rings. The van der Waals surface area contributed by atoms with Crippen molar-refractivity contribution in [2.75, 3.05) is 43.3 Å². The maximum absolute atomic E-state index is 11.5. The SMILES string of the molecule is CCOC(=O)Nc1ccc(OC)c(CN(CCCl)CCBr)c1. The van der Waals surface area contributed by atoms with Crippen LogP contribution in [-0.2, 0) is 11.3 Å². The molecule has 0 saturated carbocycles. The highest BCUT2D eigenvalue weighted by Crippen LogP contribution is 2.24. The van der Waals surface area contributed by atoms with E-state index in [9.17, 15) is 4.79 Å². The van der Waals surface area contributed by atoms with E-state index in [-0.39, 0.29) is 0 Å². The van der Waals surface area contributed by atoms with Gasteiger partial charge in [0.2, 0.25) is 0 Å². The minimum atomic E-state index is -0.461. The maximum atomic E-state index is 11.5. The number of carbonyl (C=O) groups excluding carboxylic acids is 1. The molecular weight excluding hydrogens is 372 g/mol. The van der Waals surface area contributed by atoms with Gasteiger partial charge < -0.3 is 9.47 Å². The molecule has 0 aliphatic heterocycles. The third-order valence-corrected chi connectivity index (χ3v) is 3.52. The molecule has 1 aromatic carbocycles. The number of anilines is 1. The highest BCUT2D eigenvalue weighted by molar-refractivity contribution is 9.09. The summed E-state index contributed by atoms with van der Waals surface area (Å²) in [6, 6.07) is 5.52. The molecule has 0 saturated heterocycles. The first-order chi connectivity index (χ1) is 10.6. The first-order valence-corrected chi connectivity index (χ1v) is 8.75. The van der Waals surface area contributed by atoms with Crippen LogP contribution in [0.15, 0.2) is 18.2 Å². The number of hydrogen-bond donors (Lipinski definition) is 1. The summed E-state index contributed by atoms with van der Waals surface area (Å²) in [6.45, 7) is 4.46. The molecule has 1 N–H and O–H groups in total. The zero-order chi connectivity index (χ0) is 16.4. The topological polar surface area (TPSA) is 50.8 Å². The van der Waals surface area contributed by atoms with Gasteiger partial charge in [0.1, 0.15) is 5.75 Å². The average Bonchev–Trinajstić information content (AvgIpc) is 2.48. The lowest BCUT2D eigenvalue weighted by atomic mass is 10.1. The lowest BCUT2D eigenvalue weighted by Gasteiger charge is -2.22. The van der Waals surface area contributed by atoms with Crippen molar-refractivity contribution in [3.63, 3.8) is 0 Å². The first-order valence-electron chi connectivity index (χ1n) is 7.09. The number of benzene rings is 1. The molecule has 1 rings (SSSR count). The van der Waals surface area contributed by atoms with E-state index in [0.29, 0.717) is 24.7 Å². The summed E-state index contributed by atoms with van der Waals surface area (Å²) in [5, 5.41) is 3.57. The van der Waals surface area contributed by atoms with Crippen LogP contribution in [-0.4, -0.2) is 49.0 Å². The molecule has 124 valence electrons. The van der Waals surface area contributed by atoms with Crippen LogP contribution in [0.2, 0.25) is 0 Å². The Morgan fingerprint density at radius 1 is 1.41 bits per heavy atom. The zero-order valence-corrected chi connectivity index (χ0v) is 15.2. The van der Waals surface area contributed by atoms with Gasteiger partial charge in [-0.2, -0.15) is 0 Å². The normalized spacial score (nSPS) is 10.6. The lowest BCUT2D eigenvalue weighted by molar-refractivity contribution is 0.168. The summed E-state index contributed by atoms with van der Waals surface area (Å²) in [4.78, 5) is 13.7. The number of nitrogens with zero attached hydrogens (tertiary/aromatic N) is 1. The molecule has 22 heavy (non-hydrogen) atoms. The van der Waals surface area contributed by atoms with E-state index in [0.717, 1.165) is 29.7 Å². The fourth-order valence-electron chi connectivity index (χ4n) is 2.01. The van der Waals surface area contributed by atoms with Gasteiger partial charge in [-0.3, -0.25) is 10.2 Å². The lowest BCUT2D eigenvalue weighted by Crippen LogP contribution is -2.27. The number of hydrogen-bond acceptors (Lipinski definition) is 4. The third kappa shape index (κ3) is 6.42. The van der Waals surface area contributed by atoms with Crippen molar-refractivity contribution >= 4 is 39.3 Å². The van der Waals surface area contributed by atoms with Gasteiger partial charge in [-0.15, -0.1) is 11.6 Å². The van der Waals surface area contributed by atoms with E-state index in [4.69, 9.17) is 21.1 Å². The largest absolute Gasteiger partial charge is 0.496 e. The van der Waals surface area contributed by atoms with E-state index in [1.807, 2.05) is 12.1 Å². The minimum Gasteiger partial charge on any atom is -0.496 e. The number of ether oxygens (including phenoxy) is 2. The first kappa shape index (κ1) is 19.1. The summed E-state index contributed by atoms with van der Waals surface area (Å²) in [7, 11) is 1.63. The second-order valence-electron chi connectivity index (χ2n) is 4.53. The van der Waals surface area contributed by atoms with Crippen LogP contribution in [0.1, 0.15) is 12.5 Å². The predicted octanol–water partition coefficient (Wildman–Crippen LogP) is 3.70. The molecule has 5 nitrogen and oxygen atoms in total. The van der Waals surface area contributed by atoms with Gasteiger partial charge >= 0.3 is 6.09 Å². The Morgan fingerprint density at radius 2 is 2.18 bits per heavy atom. The smallest absolute Gasteiger partial charge is 0.411 e. The monoisotopic (exact) mass is 392 g/mol. The summed E-state index contributed by atoms with van der Waals surface area (Å²) < 4.78 is 10.3. The highest BCUT2D eigenvalue weighted by atomic mass is 79.9. The van der Waals surface area contributed by atoms with Crippen LogP contribution in [0.25, 0.3) is 0 Å². The molecule has 7 heteroatoms.